The van der Waals surface area contributed by atoms with Crippen LogP contribution in [-0.2, 0) is 16.0 Å². The lowest BCUT2D eigenvalue weighted by molar-refractivity contribution is -0.131. The van der Waals surface area contributed by atoms with Crippen LogP contribution in [0, 0.1) is 13.8 Å². The number of aromatic nitrogens is 2. The molecule has 2 aromatic rings. The highest BCUT2D eigenvalue weighted by molar-refractivity contribution is 7.99. The van der Waals surface area contributed by atoms with Gasteiger partial charge >= 0.3 is 0 Å². The van der Waals surface area contributed by atoms with E-state index in [1.165, 1.54) is 16.7 Å². The minimum atomic E-state index is -0.214. The fourth-order valence-corrected chi connectivity index (χ4v) is 3.33. The lowest BCUT2D eigenvalue weighted by atomic mass is 10.1. The molecule has 0 atom stereocenters. The van der Waals surface area contributed by atoms with Crippen molar-refractivity contribution in [2.45, 2.75) is 32.3 Å². The van der Waals surface area contributed by atoms with Gasteiger partial charge in [-0.3, -0.25) is 9.59 Å². The van der Waals surface area contributed by atoms with Crippen molar-refractivity contribution in [1.82, 2.24) is 14.9 Å². The van der Waals surface area contributed by atoms with Gasteiger partial charge in [0.05, 0.1) is 12.3 Å². The first-order valence-electron chi connectivity index (χ1n) is 8.45. The van der Waals surface area contributed by atoms with Gasteiger partial charge < -0.3 is 10.2 Å². The lowest BCUT2D eigenvalue weighted by Crippen LogP contribution is -2.36. The lowest BCUT2D eigenvalue weighted by Gasteiger charge is -2.17. The van der Waals surface area contributed by atoms with Gasteiger partial charge in [-0.05, 0) is 38.0 Å². The van der Waals surface area contributed by atoms with E-state index in [4.69, 9.17) is 0 Å². The molecule has 0 bridgehead atoms. The Morgan fingerprint density at radius 1 is 1.15 bits per heavy atom. The van der Waals surface area contributed by atoms with E-state index in [2.05, 4.69) is 15.3 Å². The van der Waals surface area contributed by atoms with Gasteiger partial charge in [0.1, 0.15) is 0 Å². The van der Waals surface area contributed by atoms with Crippen LogP contribution in [0.4, 0.5) is 5.69 Å². The molecule has 1 N–H and O–H groups in total. The summed E-state index contributed by atoms with van der Waals surface area (Å²) in [6.45, 7) is 5.83. The predicted octanol–water partition coefficient (Wildman–Crippen LogP) is 2.85. The van der Waals surface area contributed by atoms with E-state index in [9.17, 15) is 9.59 Å². The van der Waals surface area contributed by atoms with Gasteiger partial charge in [0.25, 0.3) is 0 Å². The Bertz CT molecular complexity index is 775. The zero-order chi connectivity index (χ0) is 19.1. The molecule has 7 heteroatoms. The van der Waals surface area contributed by atoms with E-state index < -0.39 is 0 Å². The molecule has 0 fully saturated rings. The number of nitrogens with one attached hydrogen (secondary N) is 1. The number of para-hydroxylation sites is 1. The summed E-state index contributed by atoms with van der Waals surface area (Å²) in [5.41, 5.74) is 3.60. The van der Waals surface area contributed by atoms with Crippen LogP contribution in [0.3, 0.4) is 0 Å². The van der Waals surface area contributed by atoms with E-state index >= 15 is 0 Å². The monoisotopic (exact) mass is 372 g/mol. The molecule has 2 amide bonds. The summed E-state index contributed by atoms with van der Waals surface area (Å²) >= 11 is 1.28. The number of carbonyl (C=O) groups is 2. The summed E-state index contributed by atoms with van der Waals surface area (Å²) in [6, 6.07) is 9.55. The van der Waals surface area contributed by atoms with Crippen molar-refractivity contribution in [2.24, 2.45) is 0 Å². The summed E-state index contributed by atoms with van der Waals surface area (Å²) in [6.07, 6.45) is 0.831. The molecule has 0 radical (unpaired) electrons. The average molecular weight is 372 g/mol. The highest BCUT2D eigenvalue weighted by atomic mass is 32.2. The Hall–Kier alpha value is -2.41. The molecular weight excluding hydrogens is 348 g/mol. The maximum absolute atomic E-state index is 12.3. The Kier molecular flexibility index (Phi) is 7.15. The number of benzene rings is 1. The van der Waals surface area contributed by atoms with E-state index in [0.717, 1.165) is 29.1 Å². The standard InChI is InChI=1S/C19H24N4O2S/c1-5-15-8-6-7-9-16(15)22-17(24)11-23(4)18(25)12-26-19-20-13(2)10-14(3)21-19/h6-10H,5,11-12H2,1-4H3,(H,22,24). The van der Waals surface area contributed by atoms with Crippen molar-refractivity contribution in [3.05, 3.63) is 47.3 Å². The summed E-state index contributed by atoms with van der Waals surface area (Å²) in [5, 5.41) is 3.45. The summed E-state index contributed by atoms with van der Waals surface area (Å²) < 4.78 is 0. The quantitative estimate of drug-likeness (QED) is 0.597. The first-order chi connectivity index (χ1) is 12.4. The molecular formula is C19H24N4O2S. The van der Waals surface area contributed by atoms with Crippen molar-refractivity contribution in [3.63, 3.8) is 0 Å². The first kappa shape index (κ1) is 19.9. The minimum Gasteiger partial charge on any atom is -0.336 e. The Labute approximate surface area is 158 Å². The van der Waals surface area contributed by atoms with Crippen molar-refractivity contribution >= 4 is 29.3 Å². The Morgan fingerprint density at radius 3 is 2.46 bits per heavy atom. The second-order valence-electron chi connectivity index (χ2n) is 6.03. The third-order valence-corrected chi connectivity index (χ3v) is 4.60. The molecule has 0 unspecified atom stereocenters. The molecule has 0 saturated heterocycles. The average Bonchev–Trinajstić information content (AvgIpc) is 2.59. The third-order valence-electron chi connectivity index (χ3n) is 3.77. The summed E-state index contributed by atoms with van der Waals surface area (Å²) in [5.74, 6) is -0.163. The topological polar surface area (TPSA) is 75.2 Å². The zero-order valence-electron chi connectivity index (χ0n) is 15.6. The Balaban J connectivity index is 1.87. The second-order valence-corrected chi connectivity index (χ2v) is 6.97. The van der Waals surface area contributed by atoms with Gasteiger partial charge in [0.2, 0.25) is 11.8 Å². The second kappa shape index (κ2) is 9.33. The summed E-state index contributed by atoms with van der Waals surface area (Å²) in [4.78, 5) is 34.5. The Morgan fingerprint density at radius 2 is 1.81 bits per heavy atom. The van der Waals surface area contributed by atoms with Gasteiger partial charge in [0.15, 0.2) is 5.16 Å². The number of likely N-dealkylation sites (N-methyl/N-ethyl adjacent to an activating group) is 1. The molecule has 138 valence electrons. The predicted molar refractivity (Wildman–Crippen MR) is 104 cm³/mol. The molecule has 1 aromatic heterocycles. The molecule has 2 rings (SSSR count). The zero-order valence-corrected chi connectivity index (χ0v) is 16.4. The maximum atomic E-state index is 12.3. The van der Waals surface area contributed by atoms with E-state index in [0.29, 0.717) is 5.16 Å². The van der Waals surface area contributed by atoms with Gasteiger partial charge in [-0.2, -0.15) is 0 Å². The summed E-state index contributed by atoms with van der Waals surface area (Å²) in [7, 11) is 1.62. The van der Waals surface area contributed by atoms with E-state index in [1.807, 2.05) is 51.1 Å². The van der Waals surface area contributed by atoms with Crippen LogP contribution in [-0.4, -0.2) is 46.0 Å². The van der Waals surface area contributed by atoms with Crippen LogP contribution in [0.2, 0.25) is 0 Å². The number of aryl methyl sites for hydroxylation is 3. The first-order valence-corrected chi connectivity index (χ1v) is 9.44. The molecule has 0 aliphatic carbocycles. The van der Waals surface area contributed by atoms with Gasteiger partial charge in [-0.15, -0.1) is 0 Å². The molecule has 0 spiro atoms. The van der Waals surface area contributed by atoms with E-state index in [1.54, 1.807) is 7.05 Å². The SMILES string of the molecule is CCc1ccccc1NC(=O)CN(C)C(=O)CSc1nc(C)cc(C)n1. The largest absolute Gasteiger partial charge is 0.336 e. The molecule has 1 aromatic carbocycles. The van der Waals surface area contributed by atoms with Crippen molar-refractivity contribution in [1.29, 1.82) is 0 Å². The van der Waals surface area contributed by atoms with Crippen LogP contribution in [0.5, 0.6) is 0 Å². The molecule has 0 saturated carbocycles. The number of anilines is 1. The van der Waals surface area contributed by atoms with Gasteiger partial charge in [0, 0.05) is 24.1 Å². The highest BCUT2D eigenvalue weighted by Gasteiger charge is 2.15. The van der Waals surface area contributed by atoms with Gasteiger partial charge in [-0.1, -0.05) is 36.9 Å². The molecule has 1 heterocycles. The van der Waals surface area contributed by atoms with Crippen molar-refractivity contribution in [3.8, 4) is 0 Å². The number of nitrogens with zero attached hydrogens (tertiary/aromatic N) is 3. The third kappa shape index (κ3) is 5.84. The fraction of sp³-hybridized carbons (Fsp3) is 0.368. The van der Waals surface area contributed by atoms with Crippen LogP contribution < -0.4 is 5.32 Å². The number of hydrogen-bond acceptors (Lipinski definition) is 5. The van der Waals surface area contributed by atoms with Crippen LogP contribution in [0.1, 0.15) is 23.9 Å². The smallest absolute Gasteiger partial charge is 0.243 e. The maximum Gasteiger partial charge on any atom is 0.243 e. The molecule has 6 nitrogen and oxygen atoms in total. The van der Waals surface area contributed by atoms with Crippen molar-refractivity contribution < 1.29 is 9.59 Å². The molecule has 0 aliphatic rings. The number of rotatable bonds is 7. The van der Waals surface area contributed by atoms with Crippen LogP contribution >= 0.6 is 11.8 Å². The number of amides is 2. The number of thioether (sulfide) groups is 1. The van der Waals surface area contributed by atoms with Gasteiger partial charge in [-0.25, -0.2) is 9.97 Å². The van der Waals surface area contributed by atoms with E-state index in [-0.39, 0.29) is 24.1 Å². The normalized spacial score (nSPS) is 10.5. The van der Waals surface area contributed by atoms with Crippen LogP contribution in [0.15, 0.2) is 35.5 Å². The molecule has 0 aliphatic heterocycles. The number of carbonyl (C=O) groups excluding carboxylic acids is 2. The highest BCUT2D eigenvalue weighted by Crippen LogP contribution is 2.16. The van der Waals surface area contributed by atoms with Crippen molar-refractivity contribution in [2.75, 3.05) is 24.7 Å². The van der Waals surface area contributed by atoms with Crippen LogP contribution in [0.25, 0.3) is 0 Å². The number of hydrogen-bond donors (Lipinski definition) is 1. The molecule has 26 heavy (non-hydrogen) atoms. The minimum absolute atomic E-state index is 0.00510. The fourth-order valence-electron chi connectivity index (χ4n) is 2.44.